The Hall–Kier alpha value is -0.0800. The minimum Gasteiger partial charge on any atom is -0.313 e. The fraction of sp³-hybridized carbons (Fsp3) is 1.00. The second-order valence-electron chi connectivity index (χ2n) is 5.50. The molecule has 13 heavy (non-hydrogen) atoms. The van der Waals surface area contributed by atoms with Gasteiger partial charge in [-0.25, -0.2) is 0 Å². The van der Waals surface area contributed by atoms with Gasteiger partial charge >= 0.3 is 0 Å². The minimum absolute atomic E-state index is 0.572. The van der Waals surface area contributed by atoms with Crippen LogP contribution in [0.2, 0.25) is 0 Å². The van der Waals surface area contributed by atoms with Gasteiger partial charge in [0.15, 0.2) is 0 Å². The summed E-state index contributed by atoms with van der Waals surface area (Å²) in [6.45, 7) is 8.14. The van der Waals surface area contributed by atoms with E-state index in [9.17, 15) is 0 Å². The fourth-order valence-corrected chi connectivity index (χ4v) is 2.18. The molecular weight excluding hydrogens is 160 g/mol. The highest BCUT2D eigenvalue weighted by Crippen LogP contribution is 2.44. The van der Waals surface area contributed by atoms with Gasteiger partial charge in [0, 0.05) is 24.7 Å². The predicted molar refractivity (Wildman–Crippen MR) is 55.8 cm³/mol. The van der Waals surface area contributed by atoms with Crippen molar-refractivity contribution in [2.24, 2.45) is 5.41 Å². The van der Waals surface area contributed by atoms with Crippen LogP contribution in [0.4, 0.5) is 0 Å². The zero-order chi connectivity index (χ0) is 9.47. The quantitative estimate of drug-likeness (QED) is 0.676. The molecular formula is C11H22N2. The van der Waals surface area contributed by atoms with Crippen LogP contribution in [-0.4, -0.2) is 24.7 Å². The molecule has 0 spiro atoms. The van der Waals surface area contributed by atoms with Gasteiger partial charge in [-0.15, -0.1) is 0 Å². The first kappa shape index (κ1) is 9.47. The van der Waals surface area contributed by atoms with Crippen molar-refractivity contribution in [3.8, 4) is 0 Å². The van der Waals surface area contributed by atoms with Crippen LogP contribution in [-0.2, 0) is 0 Å². The average Bonchev–Trinajstić information content (AvgIpc) is 2.64. The van der Waals surface area contributed by atoms with E-state index < -0.39 is 0 Å². The molecule has 2 fully saturated rings. The lowest BCUT2D eigenvalue weighted by Crippen LogP contribution is -2.48. The molecule has 1 aliphatic heterocycles. The lowest BCUT2D eigenvalue weighted by molar-refractivity contribution is 0.327. The van der Waals surface area contributed by atoms with Crippen LogP contribution in [0.3, 0.4) is 0 Å². The molecule has 0 amide bonds. The fourth-order valence-electron chi connectivity index (χ4n) is 2.18. The number of piperidine rings is 1. The molecule has 2 aliphatic rings. The van der Waals surface area contributed by atoms with Crippen LogP contribution in [0, 0.1) is 5.41 Å². The molecule has 0 aromatic carbocycles. The molecule has 76 valence electrons. The zero-order valence-corrected chi connectivity index (χ0v) is 9.06. The standard InChI is InChI=1S/C11H22N2/c1-8-4-5-9(7-12-8)13-10-6-11(10,2)3/h8-10,12-13H,4-7H2,1-3H3. The third-order valence-electron chi connectivity index (χ3n) is 3.61. The maximum absolute atomic E-state index is 3.74. The monoisotopic (exact) mass is 182 g/mol. The second kappa shape index (κ2) is 3.25. The van der Waals surface area contributed by atoms with E-state index in [0.717, 1.165) is 24.7 Å². The van der Waals surface area contributed by atoms with Gasteiger partial charge in [-0.1, -0.05) is 13.8 Å². The Morgan fingerprint density at radius 3 is 2.46 bits per heavy atom. The Bertz CT molecular complexity index is 181. The maximum Gasteiger partial charge on any atom is 0.0195 e. The van der Waals surface area contributed by atoms with Crippen molar-refractivity contribution in [3.63, 3.8) is 0 Å². The van der Waals surface area contributed by atoms with Gasteiger partial charge in [0.05, 0.1) is 0 Å². The number of rotatable bonds is 2. The summed E-state index contributed by atoms with van der Waals surface area (Å²) in [5, 5.41) is 7.27. The summed E-state index contributed by atoms with van der Waals surface area (Å²) in [5.41, 5.74) is 0.572. The highest BCUT2D eigenvalue weighted by Gasteiger charge is 2.46. The van der Waals surface area contributed by atoms with E-state index in [1.807, 2.05) is 0 Å². The Kier molecular flexibility index (Phi) is 2.37. The van der Waals surface area contributed by atoms with Gasteiger partial charge < -0.3 is 10.6 Å². The van der Waals surface area contributed by atoms with Crippen molar-refractivity contribution in [2.75, 3.05) is 6.54 Å². The summed E-state index contributed by atoms with van der Waals surface area (Å²) in [6.07, 6.45) is 4.03. The minimum atomic E-state index is 0.572. The van der Waals surface area contributed by atoms with E-state index in [1.54, 1.807) is 0 Å². The topological polar surface area (TPSA) is 24.1 Å². The molecule has 2 rings (SSSR count). The molecule has 3 unspecified atom stereocenters. The molecule has 1 saturated carbocycles. The summed E-state index contributed by atoms with van der Waals surface area (Å²) < 4.78 is 0. The average molecular weight is 182 g/mol. The van der Waals surface area contributed by atoms with Gasteiger partial charge in [0.1, 0.15) is 0 Å². The van der Waals surface area contributed by atoms with Gasteiger partial charge in [0.2, 0.25) is 0 Å². The third-order valence-corrected chi connectivity index (χ3v) is 3.61. The van der Waals surface area contributed by atoms with Crippen LogP contribution in [0.25, 0.3) is 0 Å². The first-order valence-electron chi connectivity index (χ1n) is 5.57. The number of hydrogen-bond acceptors (Lipinski definition) is 2. The third kappa shape index (κ3) is 2.23. The highest BCUT2D eigenvalue weighted by atomic mass is 15.1. The normalized spacial score (nSPS) is 43.2. The first-order chi connectivity index (χ1) is 6.08. The highest BCUT2D eigenvalue weighted by molar-refractivity contribution is 5.03. The van der Waals surface area contributed by atoms with Crippen molar-refractivity contribution < 1.29 is 0 Å². The summed E-state index contributed by atoms with van der Waals surface area (Å²) in [7, 11) is 0. The van der Waals surface area contributed by atoms with Crippen LogP contribution in [0.5, 0.6) is 0 Å². The Morgan fingerprint density at radius 1 is 1.31 bits per heavy atom. The zero-order valence-electron chi connectivity index (χ0n) is 9.06. The van der Waals surface area contributed by atoms with Crippen LogP contribution in [0.1, 0.15) is 40.0 Å². The maximum atomic E-state index is 3.74. The molecule has 2 heteroatoms. The van der Waals surface area contributed by atoms with Crippen molar-refractivity contribution in [2.45, 2.75) is 58.2 Å². The summed E-state index contributed by atoms with van der Waals surface area (Å²) in [6, 6.07) is 2.24. The molecule has 1 heterocycles. The van der Waals surface area contributed by atoms with Crippen molar-refractivity contribution >= 4 is 0 Å². The predicted octanol–water partition coefficient (Wildman–Crippen LogP) is 1.51. The molecule has 0 aromatic rings. The smallest absolute Gasteiger partial charge is 0.0195 e. The van der Waals surface area contributed by atoms with Crippen LogP contribution >= 0.6 is 0 Å². The number of nitrogens with one attached hydrogen (secondary N) is 2. The Labute approximate surface area is 81.5 Å². The molecule has 1 aliphatic carbocycles. The van der Waals surface area contributed by atoms with Gasteiger partial charge in [-0.2, -0.15) is 0 Å². The van der Waals surface area contributed by atoms with Gasteiger partial charge in [-0.05, 0) is 31.6 Å². The van der Waals surface area contributed by atoms with Crippen molar-refractivity contribution in [1.82, 2.24) is 10.6 Å². The van der Waals surface area contributed by atoms with E-state index in [1.165, 1.54) is 19.3 Å². The molecule has 1 saturated heterocycles. The molecule has 0 aromatic heterocycles. The van der Waals surface area contributed by atoms with E-state index in [-0.39, 0.29) is 0 Å². The van der Waals surface area contributed by atoms with Gasteiger partial charge in [0.25, 0.3) is 0 Å². The Balaban J connectivity index is 1.72. The largest absolute Gasteiger partial charge is 0.313 e. The van der Waals surface area contributed by atoms with E-state index in [4.69, 9.17) is 0 Å². The molecule has 0 radical (unpaired) electrons. The summed E-state index contributed by atoms with van der Waals surface area (Å²) in [5.74, 6) is 0. The van der Waals surface area contributed by atoms with Crippen LogP contribution < -0.4 is 10.6 Å². The lowest BCUT2D eigenvalue weighted by atomic mass is 10.0. The van der Waals surface area contributed by atoms with Crippen molar-refractivity contribution in [1.29, 1.82) is 0 Å². The molecule has 3 atom stereocenters. The van der Waals surface area contributed by atoms with Gasteiger partial charge in [-0.3, -0.25) is 0 Å². The number of hydrogen-bond donors (Lipinski definition) is 2. The Morgan fingerprint density at radius 2 is 2.00 bits per heavy atom. The lowest BCUT2D eigenvalue weighted by Gasteiger charge is -2.29. The molecule has 0 bridgehead atoms. The van der Waals surface area contributed by atoms with Crippen LogP contribution in [0.15, 0.2) is 0 Å². The molecule has 2 N–H and O–H groups in total. The first-order valence-corrected chi connectivity index (χ1v) is 5.57. The van der Waals surface area contributed by atoms with E-state index in [0.29, 0.717) is 5.41 Å². The SMILES string of the molecule is CC1CCC(NC2CC2(C)C)CN1. The second-order valence-corrected chi connectivity index (χ2v) is 5.50. The summed E-state index contributed by atoms with van der Waals surface area (Å²) >= 11 is 0. The van der Waals surface area contributed by atoms with E-state index in [2.05, 4.69) is 31.4 Å². The summed E-state index contributed by atoms with van der Waals surface area (Å²) in [4.78, 5) is 0. The van der Waals surface area contributed by atoms with Crippen molar-refractivity contribution in [3.05, 3.63) is 0 Å². The van der Waals surface area contributed by atoms with E-state index >= 15 is 0 Å². The molecule has 2 nitrogen and oxygen atoms in total.